The van der Waals surface area contributed by atoms with Crippen LogP contribution in [-0.4, -0.2) is 36.0 Å². The monoisotopic (exact) mass is 309 g/mol. The van der Waals surface area contributed by atoms with Crippen LogP contribution in [0.1, 0.15) is 26.7 Å². The van der Waals surface area contributed by atoms with E-state index in [0.717, 1.165) is 25.3 Å². The molecule has 0 bridgehead atoms. The fraction of sp³-hybridized carbons (Fsp3) is 0.562. The smallest absolute Gasteiger partial charge is 0.243 e. The minimum Gasteiger partial charge on any atom is -0.370 e. The molecule has 0 spiro atoms. The summed E-state index contributed by atoms with van der Waals surface area (Å²) in [7, 11) is 0. The SMILES string of the molecule is CC(C)CN1CCC(Nc2ccccc2Cl)(C(N)=O)CC1. The Morgan fingerprint density at radius 1 is 1.38 bits per heavy atom. The van der Waals surface area contributed by atoms with Crippen LogP contribution in [0.2, 0.25) is 5.02 Å². The molecule has 116 valence electrons. The normalized spacial score (nSPS) is 18.7. The number of halogens is 1. The zero-order chi connectivity index (χ0) is 15.5. The van der Waals surface area contributed by atoms with E-state index in [2.05, 4.69) is 24.1 Å². The van der Waals surface area contributed by atoms with Gasteiger partial charge in [0, 0.05) is 19.6 Å². The maximum Gasteiger partial charge on any atom is 0.243 e. The van der Waals surface area contributed by atoms with E-state index < -0.39 is 5.54 Å². The topological polar surface area (TPSA) is 58.4 Å². The molecule has 0 radical (unpaired) electrons. The Balaban J connectivity index is 2.10. The summed E-state index contributed by atoms with van der Waals surface area (Å²) < 4.78 is 0. The predicted molar refractivity (Wildman–Crippen MR) is 87.5 cm³/mol. The Bertz CT molecular complexity index is 496. The molecule has 0 saturated carbocycles. The van der Waals surface area contributed by atoms with E-state index in [-0.39, 0.29) is 5.91 Å². The van der Waals surface area contributed by atoms with E-state index in [9.17, 15) is 4.79 Å². The molecule has 1 aromatic carbocycles. The van der Waals surface area contributed by atoms with Crippen molar-refractivity contribution in [3.05, 3.63) is 29.3 Å². The highest BCUT2D eigenvalue weighted by molar-refractivity contribution is 6.33. The van der Waals surface area contributed by atoms with Gasteiger partial charge in [0.2, 0.25) is 5.91 Å². The van der Waals surface area contributed by atoms with Crippen molar-refractivity contribution in [2.45, 2.75) is 32.2 Å². The Morgan fingerprint density at radius 3 is 2.52 bits per heavy atom. The lowest BCUT2D eigenvalue weighted by Gasteiger charge is -2.41. The summed E-state index contributed by atoms with van der Waals surface area (Å²) in [6, 6.07) is 7.46. The van der Waals surface area contributed by atoms with Crippen molar-refractivity contribution >= 4 is 23.2 Å². The highest BCUT2D eigenvalue weighted by Crippen LogP contribution is 2.30. The molecule has 0 aliphatic carbocycles. The molecule has 1 aliphatic heterocycles. The van der Waals surface area contributed by atoms with Crippen molar-refractivity contribution in [1.82, 2.24) is 4.90 Å². The zero-order valence-corrected chi connectivity index (χ0v) is 13.5. The van der Waals surface area contributed by atoms with Crippen LogP contribution in [0.4, 0.5) is 5.69 Å². The van der Waals surface area contributed by atoms with Crippen molar-refractivity contribution in [1.29, 1.82) is 0 Å². The van der Waals surface area contributed by atoms with E-state index in [1.165, 1.54) is 0 Å². The Labute approximate surface area is 131 Å². The molecular weight excluding hydrogens is 286 g/mol. The average molecular weight is 310 g/mol. The standard InChI is InChI=1S/C16H24ClN3O/c1-12(2)11-20-9-7-16(8-10-20,15(18)21)19-14-6-4-3-5-13(14)17/h3-6,12,19H,7-11H2,1-2H3,(H2,18,21). The third-order valence-corrected chi connectivity index (χ3v) is 4.38. The summed E-state index contributed by atoms with van der Waals surface area (Å²) in [5.41, 5.74) is 5.76. The number of benzene rings is 1. The van der Waals surface area contributed by atoms with Gasteiger partial charge in [-0.3, -0.25) is 4.79 Å². The lowest BCUT2D eigenvalue weighted by molar-refractivity contribution is -0.123. The van der Waals surface area contributed by atoms with Crippen molar-refractivity contribution < 1.29 is 4.79 Å². The first-order valence-electron chi connectivity index (χ1n) is 7.48. The van der Waals surface area contributed by atoms with E-state index in [1.54, 1.807) is 0 Å². The predicted octanol–water partition coefficient (Wildman–Crippen LogP) is 2.73. The van der Waals surface area contributed by atoms with Gasteiger partial charge in [-0.15, -0.1) is 0 Å². The van der Waals surface area contributed by atoms with Crippen LogP contribution in [0.5, 0.6) is 0 Å². The first-order valence-corrected chi connectivity index (χ1v) is 7.86. The molecule has 1 amide bonds. The zero-order valence-electron chi connectivity index (χ0n) is 12.7. The fourth-order valence-corrected chi connectivity index (χ4v) is 3.07. The molecule has 3 N–H and O–H groups in total. The van der Waals surface area contributed by atoms with Gasteiger partial charge in [0.05, 0.1) is 10.7 Å². The van der Waals surface area contributed by atoms with Crippen LogP contribution in [0.3, 0.4) is 0 Å². The van der Waals surface area contributed by atoms with Crippen LogP contribution >= 0.6 is 11.6 Å². The van der Waals surface area contributed by atoms with E-state index in [0.29, 0.717) is 23.8 Å². The number of para-hydroxylation sites is 1. The number of likely N-dealkylation sites (tertiary alicyclic amines) is 1. The molecule has 1 heterocycles. The number of piperidine rings is 1. The number of hydrogen-bond donors (Lipinski definition) is 2. The molecule has 0 atom stereocenters. The van der Waals surface area contributed by atoms with Crippen LogP contribution in [0.15, 0.2) is 24.3 Å². The van der Waals surface area contributed by atoms with Gasteiger partial charge in [-0.25, -0.2) is 0 Å². The molecule has 0 unspecified atom stereocenters. The van der Waals surface area contributed by atoms with E-state index in [4.69, 9.17) is 17.3 Å². The Hall–Kier alpha value is -1.26. The Kier molecular flexibility index (Phi) is 5.12. The third-order valence-electron chi connectivity index (χ3n) is 4.05. The van der Waals surface area contributed by atoms with Crippen LogP contribution in [0.25, 0.3) is 0 Å². The molecular formula is C16H24ClN3O. The molecule has 0 aromatic heterocycles. The molecule has 1 aliphatic rings. The second kappa shape index (κ2) is 6.67. The fourth-order valence-electron chi connectivity index (χ4n) is 2.89. The number of nitrogens with two attached hydrogens (primary N) is 1. The maximum atomic E-state index is 12.0. The van der Waals surface area contributed by atoms with E-state index >= 15 is 0 Å². The summed E-state index contributed by atoms with van der Waals surface area (Å²) in [6.45, 7) is 7.22. The Morgan fingerprint density at radius 2 is 2.00 bits per heavy atom. The lowest BCUT2D eigenvalue weighted by Crippen LogP contribution is -2.57. The van der Waals surface area contributed by atoms with Gasteiger partial charge in [0.15, 0.2) is 0 Å². The van der Waals surface area contributed by atoms with Crippen molar-refractivity contribution in [3.8, 4) is 0 Å². The number of amides is 1. The molecule has 2 rings (SSSR count). The molecule has 1 aromatic rings. The van der Waals surface area contributed by atoms with Crippen molar-refractivity contribution in [3.63, 3.8) is 0 Å². The van der Waals surface area contributed by atoms with Gasteiger partial charge in [-0.1, -0.05) is 37.6 Å². The first kappa shape index (κ1) is 16.1. The highest BCUT2D eigenvalue weighted by atomic mass is 35.5. The molecule has 1 fully saturated rings. The number of hydrogen-bond acceptors (Lipinski definition) is 3. The number of rotatable bonds is 5. The number of primary amides is 1. The van der Waals surface area contributed by atoms with Gasteiger partial charge in [0.1, 0.15) is 5.54 Å². The minimum absolute atomic E-state index is 0.299. The molecule has 5 heteroatoms. The average Bonchev–Trinajstić information content (AvgIpc) is 2.43. The number of carbonyl (C=O) groups excluding carboxylic acids is 1. The summed E-state index contributed by atoms with van der Waals surface area (Å²) in [6.07, 6.45) is 1.42. The van der Waals surface area contributed by atoms with Gasteiger partial charge in [-0.05, 0) is 30.9 Å². The third kappa shape index (κ3) is 3.89. The second-order valence-corrected chi connectivity index (χ2v) is 6.65. The van der Waals surface area contributed by atoms with Crippen LogP contribution in [-0.2, 0) is 4.79 Å². The van der Waals surface area contributed by atoms with Crippen LogP contribution < -0.4 is 11.1 Å². The maximum absolute atomic E-state index is 12.0. The van der Waals surface area contributed by atoms with Gasteiger partial charge >= 0.3 is 0 Å². The number of nitrogens with zero attached hydrogens (tertiary/aromatic N) is 1. The summed E-state index contributed by atoms with van der Waals surface area (Å²) in [5, 5.41) is 3.92. The number of anilines is 1. The highest BCUT2D eigenvalue weighted by Gasteiger charge is 2.40. The molecule has 4 nitrogen and oxygen atoms in total. The minimum atomic E-state index is -0.696. The summed E-state index contributed by atoms with van der Waals surface area (Å²) in [4.78, 5) is 14.4. The first-order chi connectivity index (χ1) is 9.93. The van der Waals surface area contributed by atoms with Gasteiger partial charge < -0.3 is 16.0 Å². The summed E-state index contributed by atoms with van der Waals surface area (Å²) in [5.74, 6) is 0.328. The van der Waals surface area contributed by atoms with Gasteiger partial charge in [0.25, 0.3) is 0 Å². The lowest BCUT2D eigenvalue weighted by atomic mass is 9.86. The van der Waals surface area contributed by atoms with E-state index in [1.807, 2.05) is 24.3 Å². The molecule has 1 saturated heterocycles. The van der Waals surface area contributed by atoms with Gasteiger partial charge in [-0.2, -0.15) is 0 Å². The van der Waals surface area contributed by atoms with Crippen molar-refractivity contribution in [2.75, 3.05) is 25.0 Å². The largest absolute Gasteiger partial charge is 0.370 e. The quantitative estimate of drug-likeness (QED) is 0.879. The second-order valence-electron chi connectivity index (χ2n) is 6.25. The van der Waals surface area contributed by atoms with Crippen molar-refractivity contribution in [2.24, 2.45) is 11.7 Å². The number of nitrogens with one attached hydrogen (secondary N) is 1. The van der Waals surface area contributed by atoms with Crippen LogP contribution in [0, 0.1) is 5.92 Å². The molecule has 21 heavy (non-hydrogen) atoms. The summed E-state index contributed by atoms with van der Waals surface area (Å²) >= 11 is 6.18. The number of carbonyl (C=O) groups is 1.